The molecule has 1 aliphatic carbocycles. The smallest absolute Gasteiger partial charge is 0.226 e. The number of allylic oxidation sites excluding steroid dienone is 2. The molecule has 0 bridgehead atoms. The normalized spacial score (nSPS) is 18.5. The van der Waals surface area contributed by atoms with Crippen molar-refractivity contribution in [2.45, 2.75) is 25.3 Å². The number of ketones is 1. The maximum Gasteiger partial charge on any atom is 0.226 e. The molecule has 0 fully saturated rings. The van der Waals surface area contributed by atoms with Crippen LogP contribution in [0.3, 0.4) is 0 Å². The second kappa shape index (κ2) is 6.72. The predicted octanol–water partition coefficient (Wildman–Crippen LogP) is 4.67. The Morgan fingerprint density at radius 1 is 1.07 bits per heavy atom. The van der Waals surface area contributed by atoms with Crippen LogP contribution in [0.4, 0.5) is 5.95 Å². The van der Waals surface area contributed by atoms with Gasteiger partial charge in [0.15, 0.2) is 11.6 Å². The summed E-state index contributed by atoms with van der Waals surface area (Å²) < 4.78 is 1.77. The third-order valence-corrected chi connectivity index (χ3v) is 5.81. The van der Waals surface area contributed by atoms with E-state index in [4.69, 9.17) is 28.3 Å². The van der Waals surface area contributed by atoms with Crippen LogP contribution in [0.5, 0.6) is 0 Å². The number of fused-ring (bicyclic) bond motifs is 1. The molecule has 1 unspecified atom stereocenters. The van der Waals surface area contributed by atoms with E-state index in [1.807, 2.05) is 18.2 Å². The van der Waals surface area contributed by atoms with Crippen LogP contribution in [-0.2, 0) is 4.79 Å². The molecular formula is C20H15Cl2N5O. The third-order valence-electron chi connectivity index (χ3n) is 5.07. The van der Waals surface area contributed by atoms with E-state index in [0.29, 0.717) is 28.2 Å². The lowest BCUT2D eigenvalue weighted by molar-refractivity contribution is -0.116. The Bertz CT molecular complexity index is 1120. The molecule has 1 atom stereocenters. The molecule has 5 rings (SSSR count). The second-order valence-electron chi connectivity index (χ2n) is 6.81. The minimum absolute atomic E-state index is 0.146. The number of halogens is 2. The monoisotopic (exact) mass is 411 g/mol. The Morgan fingerprint density at radius 2 is 1.89 bits per heavy atom. The molecule has 0 radical (unpaired) electrons. The molecule has 0 saturated heterocycles. The molecule has 1 N–H and O–H groups in total. The molecule has 8 heteroatoms. The molecule has 2 aliphatic rings. The Hall–Kier alpha value is -2.70. The van der Waals surface area contributed by atoms with Gasteiger partial charge < -0.3 is 5.32 Å². The molecule has 2 aromatic heterocycles. The number of rotatable bonds is 2. The lowest BCUT2D eigenvalue weighted by Crippen LogP contribution is -2.31. The van der Waals surface area contributed by atoms with Gasteiger partial charge in [-0.25, -0.2) is 4.68 Å². The molecule has 1 aliphatic heterocycles. The van der Waals surface area contributed by atoms with E-state index in [0.717, 1.165) is 35.2 Å². The van der Waals surface area contributed by atoms with Crippen molar-refractivity contribution >= 4 is 34.9 Å². The quantitative estimate of drug-likeness (QED) is 0.663. The maximum absolute atomic E-state index is 12.8. The van der Waals surface area contributed by atoms with Crippen LogP contribution in [0.2, 0.25) is 10.0 Å². The van der Waals surface area contributed by atoms with Crippen molar-refractivity contribution in [1.82, 2.24) is 19.7 Å². The number of benzene rings is 1. The van der Waals surface area contributed by atoms with Crippen molar-refractivity contribution in [1.29, 1.82) is 0 Å². The van der Waals surface area contributed by atoms with Gasteiger partial charge in [0.1, 0.15) is 6.04 Å². The number of hydrogen-bond donors (Lipinski definition) is 1. The first-order valence-corrected chi connectivity index (χ1v) is 9.72. The summed E-state index contributed by atoms with van der Waals surface area (Å²) in [6, 6.07) is 8.78. The number of pyridine rings is 1. The van der Waals surface area contributed by atoms with E-state index in [1.54, 1.807) is 29.2 Å². The third kappa shape index (κ3) is 2.80. The van der Waals surface area contributed by atoms with Crippen molar-refractivity contribution < 1.29 is 4.79 Å². The first-order valence-electron chi connectivity index (χ1n) is 8.97. The number of nitrogens with zero attached hydrogens (tertiary/aromatic N) is 4. The van der Waals surface area contributed by atoms with Gasteiger partial charge in [-0.05, 0) is 48.7 Å². The largest absolute Gasteiger partial charge is 0.328 e. The van der Waals surface area contributed by atoms with Crippen LogP contribution >= 0.6 is 23.2 Å². The number of hydrogen-bond acceptors (Lipinski definition) is 5. The first-order chi connectivity index (χ1) is 13.6. The predicted molar refractivity (Wildman–Crippen MR) is 107 cm³/mol. The van der Waals surface area contributed by atoms with Gasteiger partial charge in [0, 0.05) is 35.6 Å². The first kappa shape index (κ1) is 17.4. The van der Waals surface area contributed by atoms with Gasteiger partial charge in [-0.15, -0.1) is 5.10 Å². The molecule has 0 amide bonds. The average molecular weight is 412 g/mol. The van der Waals surface area contributed by atoms with Gasteiger partial charge in [-0.1, -0.05) is 23.2 Å². The van der Waals surface area contributed by atoms with Gasteiger partial charge in [0.05, 0.1) is 10.0 Å². The summed E-state index contributed by atoms with van der Waals surface area (Å²) in [5.74, 6) is 1.27. The zero-order valence-electron chi connectivity index (χ0n) is 14.7. The SMILES string of the molecule is O=C1CCCC2=C1C(c1ccncc1)n1nc(-c3ccc(Cl)c(Cl)c3)nc1N2. The Balaban J connectivity index is 1.67. The van der Waals surface area contributed by atoms with Crippen molar-refractivity contribution in [3.05, 3.63) is 69.6 Å². The van der Waals surface area contributed by atoms with Crippen LogP contribution in [0, 0.1) is 0 Å². The van der Waals surface area contributed by atoms with Crippen molar-refractivity contribution in [2.24, 2.45) is 0 Å². The standard InChI is InChI=1S/C20H15Cl2N5O/c21-13-5-4-12(10-14(13)22)19-25-20-24-15-2-1-3-16(28)17(15)18(27(20)26-19)11-6-8-23-9-7-11/h4-10,18H,1-3H2,(H,24,25,26). The number of carbonyl (C=O) groups is 1. The fourth-order valence-electron chi connectivity index (χ4n) is 3.77. The highest BCUT2D eigenvalue weighted by Gasteiger charge is 2.36. The van der Waals surface area contributed by atoms with Crippen LogP contribution in [0.1, 0.15) is 30.9 Å². The van der Waals surface area contributed by atoms with Crippen molar-refractivity contribution in [3.8, 4) is 11.4 Å². The Morgan fingerprint density at radius 3 is 2.68 bits per heavy atom. The summed E-state index contributed by atoms with van der Waals surface area (Å²) in [5.41, 5.74) is 3.40. The molecule has 140 valence electrons. The van der Waals surface area contributed by atoms with E-state index in [2.05, 4.69) is 15.3 Å². The number of Topliss-reactive ketones (excluding diaryl/α,β-unsaturated/α-hetero) is 1. The van der Waals surface area contributed by atoms with Gasteiger partial charge in [-0.2, -0.15) is 4.98 Å². The molecule has 3 heterocycles. The van der Waals surface area contributed by atoms with Crippen LogP contribution in [-0.4, -0.2) is 25.5 Å². The summed E-state index contributed by atoms with van der Waals surface area (Å²) in [6.07, 6.45) is 5.65. The average Bonchev–Trinajstić information content (AvgIpc) is 3.13. The molecule has 0 saturated carbocycles. The minimum Gasteiger partial charge on any atom is -0.328 e. The summed E-state index contributed by atoms with van der Waals surface area (Å²) in [5, 5.41) is 8.95. The molecule has 28 heavy (non-hydrogen) atoms. The fraction of sp³-hybridized carbons (Fsp3) is 0.200. The van der Waals surface area contributed by atoms with Gasteiger partial charge >= 0.3 is 0 Å². The zero-order chi connectivity index (χ0) is 19.3. The van der Waals surface area contributed by atoms with Gasteiger partial charge in [-0.3, -0.25) is 9.78 Å². The summed E-state index contributed by atoms with van der Waals surface area (Å²) in [6.45, 7) is 0. The summed E-state index contributed by atoms with van der Waals surface area (Å²) in [4.78, 5) is 21.5. The van der Waals surface area contributed by atoms with Crippen LogP contribution < -0.4 is 5.32 Å². The lowest BCUT2D eigenvalue weighted by Gasteiger charge is -2.32. The van der Waals surface area contributed by atoms with E-state index in [-0.39, 0.29) is 11.8 Å². The maximum atomic E-state index is 12.8. The highest BCUT2D eigenvalue weighted by molar-refractivity contribution is 6.42. The number of nitrogens with one attached hydrogen (secondary N) is 1. The number of anilines is 1. The fourth-order valence-corrected chi connectivity index (χ4v) is 4.07. The van der Waals surface area contributed by atoms with Crippen LogP contribution in [0.25, 0.3) is 11.4 Å². The van der Waals surface area contributed by atoms with E-state index >= 15 is 0 Å². The summed E-state index contributed by atoms with van der Waals surface area (Å²) in [7, 11) is 0. The lowest BCUT2D eigenvalue weighted by atomic mass is 9.86. The minimum atomic E-state index is -0.328. The van der Waals surface area contributed by atoms with Gasteiger partial charge in [0.2, 0.25) is 5.95 Å². The molecule has 0 spiro atoms. The Labute approximate surface area is 171 Å². The zero-order valence-corrected chi connectivity index (χ0v) is 16.2. The molecule has 3 aromatic rings. The topological polar surface area (TPSA) is 72.7 Å². The van der Waals surface area contributed by atoms with Crippen molar-refractivity contribution in [2.75, 3.05) is 5.32 Å². The molecule has 6 nitrogen and oxygen atoms in total. The van der Waals surface area contributed by atoms with E-state index in [1.165, 1.54) is 0 Å². The van der Waals surface area contributed by atoms with Crippen LogP contribution in [0.15, 0.2) is 54.0 Å². The molecule has 1 aromatic carbocycles. The molecular weight excluding hydrogens is 397 g/mol. The van der Waals surface area contributed by atoms with E-state index in [9.17, 15) is 4.79 Å². The highest BCUT2D eigenvalue weighted by Crippen LogP contribution is 2.40. The van der Waals surface area contributed by atoms with Crippen molar-refractivity contribution in [3.63, 3.8) is 0 Å². The number of carbonyl (C=O) groups excluding carboxylic acids is 1. The second-order valence-corrected chi connectivity index (χ2v) is 7.62. The number of aromatic nitrogens is 4. The highest BCUT2D eigenvalue weighted by atomic mass is 35.5. The van der Waals surface area contributed by atoms with Gasteiger partial charge in [0.25, 0.3) is 0 Å². The summed E-state index contributed by atoms with van der Waals surface area (Å²) >= 11 is 12.2. The Kier molecular flexibility index (Phi) is 4.18. The van der Waals surface area contributed by atoms with E-state index < -0.39 is 0 Å².